The second-order valence-corrected chi connectivity index (χ2v) is 8.16. The van der Waals surface area contributed by atoms with Crippen molar-refractivity contribution in [2.45, 2.75) is 37.9 Å². The first-order chi connectivity index (χ1) is 7.09. The zero-order chi connectivity index (χ0) is 11.0. The first-order valence-electron chi connectivity index (χ1n) is 5.49. The molecule has 1 saturated carbocycles. The van der Waals surface area contributed by atoms with Crippen LogP contribution < -0.4 is 0 Å². The summed E-state index contributed by atoms with van der Waals surface area (Å²) in [4.78, 5) is 2.00. The molecule has 2 rings (SSSR count). The summed E-state index contributed by atoms with van der Waals surface area (Å²) in [5.74, 6) is 1.69. The molecule has 0 saturated heterocycles. The molecule has 3 atom stereocenters. The maximum atomic E-state index is 3.90. The van der Waals surface area contributed by atoms with Crippen molar-refractivity contribution in [3.63, 3.8) is 0 Å². The number of thiophene rings is 1. The molecular weight excluding hydrogens is 336 g/mol. The van der Waals surface area contributed by atoms with Crippen LogP contribution in [0, 0.1) is 18.8 Å². The van der Waals surface area contributed by atoms with E-state index in [2.05, 4.69) is 51.8 Å². The number of rotatable bonds is 2. The largest absolute Gasteiger partial charge is 0.133 e. The molecule has 0 spiro atoms. The van der Waals surface area contributed by atoms with Gasteiger partial charge in [0, 0.05) is 9.70 Å². The summed E-state index contributed by atoms with van der Waals surface area (Å²) in [6.45, 7) is 4.61. The van der Waals surface area contributed by atoms with Gasteiger partial charge in [-0.05, 0) is 52.7 Å². The number of hydrogen-bond acceptors (Lipinski definition) is 1. The van der Waals surface area contributed by atoms with E-state index in [-0.39, 0.29) is 0 Å². The number of halogens is 2. The van der Waals surface area contributed by atoms with Gasteiger partial charge in [-0.1, -0.05) is 35.7 Å². The van der Waals surface area contributed by atoms with E-state index < -0.39 is 0 Å². The second kappa shape index (κ2) is 4.89. The molecule has 1 aliphatic carbocycles. The molecule has 0 amide bonds. The Kier molecular flexibility index (Phi) is 3.95. The first kappa shape index (κ1) is 12.1. The van der Waals surface area contributed by atoms with Crippen molar-refractivity contribution in [1.82, 2.24) is 0 Å². The fraction of sp³-hybridized carbons (Fsp3) is 0.667. The van der Waals surface area contributed by atoms with Crippen molar-refractivity contribution in [3.05, 3.63) is 20.3 Å². The van der Waals surface area contributed by atoms with Crippen LogP contribution in [0.2, 0.25) is 0 Å². The minimum Gasteiger partial charge on any atom is -0.133 e. The van der Waals surface area contributed by atoms with Gasteiger partial charge in [0.2, 0.25) is 0 Å². The van der Waals surface area contributed by atoms with Gasteiger partial charge in [0.1, 0.15) is 0 Å². The molecule has 0 radical (unpaired) electrons. The van der Waals surface area contributed by atoms with Crippen LogP contribution in [0.3, 0.4) is 0 Å². The number of aryl methyl sites for hydroxylation is 1. The normalized spacial score (nSPS) is 28.3. The molecule has 15 heavy (non-hydrogen) atoms. The van der Waals surface area contributed by atoms with Crippen LogP contribution in [0.5, 0.6) is 0 Å². The highest BCUT2D eigenvalue weighted by molar-refractivity contribution is 9.11. The molecule has 3 unspecified atom stereocenters. The van der Waals surface area contributed by atoms with E-state index in [9.17, 15) is 0 Å². The van der Waals surface area contributed by atoms with Crippen LogP contribution >= 0.6 is 43.2 Å². The van der Waals surface area contributed by atoms with E-state index in [4.69, 9.17) is 0 Å². The van der Waals surface area contributed by atoms with Crippen LogP contribution in [0.1, 0.15) is 41.5 Å². The molecule has 1 fully saturated rings. The molecule has 1 aromatic heterocycles. The SMILES string of the molecule is Cc1sc(Br)cc1C(Br)C1CCCC1C. The van der Waals surface area contributed by atoms with Crippen LogP contribution in [0.4, 0.5) is 0 Å². The molecule has 0 nitrogen and oxygen atoms in total. The minimum absolute atomic E-state index is 0.553. The summed E-state index contributed by atoms with van der Waals surface area (Å²) >= 11 is 9.32. The van der Waals surface area contributed by atoms with Gasteiger partial charge in [-0.15, -0.1) is 11.3 Å². The lowest BCUT2D eigenvalue weighted by atomic mass is 9.91. The van der Waals surface area contributed by atoms with E-state index in [0.29, 0.717) is 4.83 Å². The van der Waals surface area contributed by atoms with Crippen molar-refractivity contribution in [3.8, 4) is 0 Å². The van der Waals surface area contributed by atoms with Gasteiger partial charge in [0.25, 0.3) is 0 Å². The average molecular weight is 352 g/mol. The highest BCUT2D eigenvalue weighted by atomic mass is 79.9. The molecule has 3 heteroatoms. The molecule has 0 N–H and O–H groups in total. The van der Waals surface area contributed by atoms with E-state index in [1.807, 2.05) is 11.3 Å². The highest BCUT2D eigenvalue weighted by Gasteiger charge is 2.31. The summed E-state index contributed by atoms with van der Waals surface area (Å²) in [7, 11) is 0. The minimum atomic E-state index is 0.553. The zero-order valence-electron chi connectivity index (χ0n) is 9.09. The lowest BCUT2D eigenvalue weighted by Crippen LogP contribution is -2.10. The summed E-state index contributed by atoms with van der Waals surface area (Å²) in [5, 5.41) is 0. The van der Waals surface area contributed by atoms with E-state index in [0.717, 1.165) is 11.8 Å². The molecule has 0 aromatic carbocycles. The molecular formula is C12H16Br2S. The summed E-state index contributed by atoms with van der Waals surface area (Å²) in [6, 6.07) is 2.28. The molecule has 84 valence electrons. The molecule has 1 aromatic rings. The molecule has 0 bridgehead atoms. The first-order valence-corrected chi connectivity index (χ1v) is 8.02. The van der Waals surface area contributed by atoms with Crippen LogP contribution in [0.25, 0.3) is 0 Å². The predicted molar refractivity (Wildman–Crippen MR) is 74.9 cm³/mol. The predicted octanol–water partition coefficient (Wildman–Crippen LogP) is 5.69. The maximum absolute atomic E-state index is 3.90. The Labute approximate surface area is 113 Å². The summed E-state index contributed by atoms with van der Waals surface area (Å²) in [6.07, 6.45) is 4.18. The van der Waals surface area contributed by atoms with Gasteiger partial charge < -0.3 is 0 Å². The Hall–Kier alpha value is 0.660. The average Bonchev–Trinajstić information content (AvgIpc) is 2.71. The van der Waals surface area contributed by atoms with Gasteiger partial charge in [0.05, 0.1) is 3.79 Å². The Bertz CT molecular complexity index is 345. The third kappa shape index (κ3) is 2.50. The molecule has 1 aliphatic rings. The topological polar surface area (TPSA) is 0 Å². The van der Waals surface area contributed by atoms with E-state index >= 15 is 0 Å². The molecule has 0 aliphatic heterocycles. The van der Waals surface area contributed by atoms with Crippen molar-refractivity contribution >= 4 is 43.2 Å². The fourth-order valence-corrected chi connectivity index (χ4v) is 5.74. The van der Waals surface area contributed by atoms with Crippen LogP contribution in [0.15, 0.2) is 9.85 Å². The van der Waals surface area contributed by atoms with Crippen molar-refractivity contribution < 1.29 is 0 Å². The maximum Gasteiger partial charge on any atom is 0.0704 e. The zero-order valence-corrected chi connectivity index (χ0v) is 13.1. The fourth-order valence-electron chi connectivity index (χ4n) is 2.57. The number of alkyl halides is 1. The Morgan fingerprint density at radius 1 is 1.47 bits per heavy atom. The smallest absolute Gasteiger partial charge is 0.0704 e. The van der Waals surface area contributed by atoms with Crippen molar-refractivity contribution in [2.75, 3.05) is 0 Å². The van der Waals surface area contributed by atoms with Crippen LogP contribution in [-0.2, 0) is 0 Å². The Balaban J connectivity index is 2.19. The van der Waals surface area contributed by atoms with E-state index in [1.165, 1.54) is 33.5 Å². The highest BCUT2D eigenvalue weighted by Crippen LogP contribution is 2.47. The quantitative estimate of drug-likeness (QED) is 0.600. The molecule has 1 heterocycles. The Morgan fingerprint density at radius 2 is 2.20 bits per heavy atom. The van der Waals surface area contributed by atoms with Crippen molar-refractivity contribution in [2.24, 2.45) is 11.8 Å². The standard InChI is InChI=1S/C12H16Br2S/c1-7-4-3-5-9(7)12(14)10-6-11(13)15-8(10)2/h6-7,9,12H,3-5H2,1-2H3. The summed E-state index contributed by atoms with van der Waals surface area (Å²) in [5.41, 5.74) is 1.49. The van der Waals surface area contributed by atoms with Gasteiger partial charge in [-0.25, -0.2) is 0 Å². The van der Waals surface area contributed by atoms with Gasteiger partial charge >= 0.3 is 0 Å². The van der Waals surface area contributed by atoms with Gasteiger partial charge in [-0.2, -0.15) is 0 Å². The van der Waals surface area contributed by atoms with E-state index in [1.54, 1.807) is 0 Å². The van der Waals surface area contributed by atoms with Crippen LogP contribution in [-0.4, -0.2) is 0 Å². The monoisotopic (exact) mass is 350 g/mol. The summed E-state index contributed by atoms with van der Waals surface area (Å²) < 4.78 is 1.25. The Morgan fingerprint density at radius 3 is 2.67 bits per heavy atom. The van der Waals surface area contributed by atoms with Gasteiger partial charge in [0.15, 0.2) is 0 Å². The third-order valence-corrected chi connectivity index (χ3v) is 6.27. The third-order valence-electron chi connectivity index (χ3n) is 3.53. The van der Waals surface area contributed by atoms with Gasteiger partial charge in [-0.3, -0.25) is 0 Å². The second-order valence-electron chi connectivity index (χ2n) is 4.54. The van der Waals surface area contributed by atoms with Crippen molar-refractivity contribution in [1.29, 1.82) is 0 Å². The lowest BCUT2D eigenvalue weighted by molar-refractivity contribution is 0.414. The lowest BCUT2D eigenvalue weighted by Gasteiger charge is -2.21. The number of hydrogen-bond donors (Lipinski definition) is 0.